The first-order chi connectivity index (χ1) is 8.10. The van der Waals surface area contributed by atoms with E-state index in [4.69, 9.17) is 9.16 Å². The second-order valence-electron chi connectivity index (χ2n) is 6.08. The summed E-state index contributed by atoms with van der Waals surface area (Å²) in [5, 5.41) is 0.214. The van der Waals surface area contributed by atoms with Gasteiger partial charge in [0.05, 0.1) is 6.61 Å². The average Bonchev–Trinajstić information content (AvgIpc) is 2.15. The number of carbonyl (C=O) groups excluding carboxylic acids is 1. The Labute approximate surface area is 113 Å². The highest BCUT2D eigenvalue weighted by Crippen LogP contribution is 2.37. The Hall–Kier alpha value is -0.613. The minimum Gasteiger partial charge on any atom is -0.463 e. The van der Waals surface area contributed by atoms with Gasteiger partial charge in [-0.15, -0.1) is 0 Å². The zero-order valence-corrected chi connectivity index (χ0v) is 13.9. The van der Waals surface area contributed by atoms with Crippen LogP contribution in [0, 0.1) is 0 Å². The summed E-state index contributed by atoms with van der Waals surface area (Å²) in [7, 11) is -1.71. The Kier molecular flexibility index (Phi) is 6.85. The molecule has 0 aromatic heterocycles. The monoisotopic (exact) mass is 272 g/mol. The first kappa shape index (κ1) is 17.4. The Bertz CT molecular complexity index is 290. The lowest BCUT2D eigenvalue weighted by Crippen LogP contribution is -2.43. The zero-order valence-electron chi connectivity index (χ0n) is 12.9. The van der Waals surface area contributed by atoms with Crippen LogP contribution < -0.4 is 0 Å². The maximum absolute atomic E-state index is 11.1. The molecule has 4 heteroatoms. The molecule has 0 fully saturated rings. The maximum Gasteiger partial charge on any atom is 0.330 e. The van der Waals surface area contributed by atoms with Gasteiger partial charge in [0.2, 0.25) is 0 Å². The van der Waals surface area contributed by atoms with Crippen molar-refractivity contribution < 1.29 is 14.0 Å². The van der Waals surface area contributed by atoms with Crippen LogP contribution in [0.1, 0.15) is 41.0 Å². The first-order valence-corrected chi connectivity index (χ1v) is 9.52. The van der Waals surface area contributed by atoms with Crippen LogP contribution in [-0.4, -0.2) is 27.0 Å². The minimum atomic E-state index is -1.71. The van der Waals surface area contributed by atoms with E-state index in [1.165, 1.54) is 6.08 Å². The van der Waals surface area contributed by atoms with E-state index in [9.17, 15) is 4.79 Å². The quantitative estimate of drug-likeness (QED) is 0.418. The molecule has 3 nitrogen and oxygen atoms in total. The van der Waals surface area contributed by atoms with Crippen molar-refractivity contribution in [1.29, 1.82) is 0 Å². The standard InChI is InChI=1S/C14H28O3Si/c1-8-16-13(15)11-9-10-12(2)17-18(6,7)14(3,4)5/h9,11-12H,8,10H2,1-7H3/b11-9+/t12-/m0/s1. The highest BCUT2D eigenvalue weighted by Gasteiger charge is 2.38. The van der Waals surface area contributed by atoms with E-state index >= 15 is 0 Å². The summed E-state index contributed by atoms with van der Waals surface area (Å²) in [5.41, 5.74) is 0. The second kappa shape index (κ2) is 7.09. The molecular formula is C14H28O3Si. The van der Waals surface area contributed by atoms with Crippen molar-refractivity contribution >= 4 is 14.3 Å². The van der Waals surface area contributed by atoms with E-state index in [-0.39, 0.29) is 17.1 Å². The molecule has 0 aromatic rings. The maximum atomic E-state index is 11.1. The Morgan fingerprint density at radius 3 is 2.33 bits per heavy atom. The normalized spacial score (nSPS) is 14.8. The summed E-state index contributed by atoms with van der Waals surface area (Å²) >= 11 is 0. The van der Waals surface area contributed by atoms with Gasteiger partial charge in [-0.3, -0.25) is 0 Å². The molecule has 0 aliphatic rings. The topological polar surface area (TPSA) is 35.5 Å². The fraction of sp³-hybridized carbons (Fsp3) is 0.786. The third-order valence-corrected chi connectivity index (χ3v) is 7.91. The number of hydrogen-bond donors (Lipinski definition) is 0. The van der Waals surface area contributed by atoms with Gasteiger partial charge in [-0.2, -0.15) is 0 Å². The molecule has 0 aliphatic carbocycles. The molecule has 0 saturated carbocycles. The Morgan fingerprint density at radius 2 is 1.89 bits per heavy atom. The molecule has 0 N–H and O–H groups in total. The van der Waals surface area contributed by atoms with Crippen molar-refractivity contribution in [2.75, 3.05) is 6.61 Å². The van der Waals surface area contributed by atoms with Crippen LogP contribution in [0.5, 0.6) is 0 Å². The minimum absolute atomic E-state index is 0.136. The molecule has 0 spiro atoms. The van der Waals surface area contributed by atoms with E-state index in [1.807, 2.05) is 6.08 Å². The Balaban J connectivity index is 4.20. The third-order valence-electron chi connectivity index (χ3n) is 3.31. The second-order valence-corrected chi connectivity index (χ2v) is 10.8. The fourth-order valence-corrected chi connectivity index (χ4v) is 2.73. The van der Waals surface area contributed by atoms with Crippen molar-refractivity contribution in [3.05, 3.63) is 12.2 Å². The van der Waals surface area contributed by atoms with Crippen molar-refractivity contribution in [2.45, 2.75) is 65.3 Å². The lowest BCUT2D eigenvalue weighted by Gasteiger charge is -2.38. The number of rotatable bonds is 6. The SMILES string of the molecule is CCOC(=O)/C=C/C[C@H](C)O[Si](C)(C)C(C)(C)C. The van der Waals surface area contributed by atoms with Gasteiger partial charge in [-0.05, 0) is 38.4 Å². The summed E-state index contributed by atoms with van der Waals surface area (Å²) < 4.78 is 11.0. The molecule has 0 heterocycles. The first-order valence-electron chi connectivity index (χ1n) is 6.61. The zero-order chi connectivity index (χ0) is 14.4. The van der Waals surface area contributed by atoms with Gasteiger partial charge in [0, 0.05) is 12.2 Å². The lowest BCUT2D eigenvalue weighted by atomic mass is 10.2. The molecule has 0 rings (SSSR count). The van der Waals surface area contributed by atoms with Gasteiger partial charge in [0.25, 0.3) is 0 Å². The number of hydrogen-bond acceptors (Lipinski definition) is 3. The number of ether oxygens (including phenoxy) is 1. The average molecular weight is 272 g/mol. The van der Waals surface area contributed by atoms with E-state index in [0.29, 0.717) is 6.61 Å². The number of carbonyl (C=O) groups is 1. The van der Waals surface area contributed by atoms with Gasteiger partial charge in [0.1, 0.15) is 0 Å². The molecule has 0 aliphatic heterocycles. The lowest BCUT2D eigenvalue weighted by molar-refractivity contribution is -0.137. The summed E-state index contributed by atoms with van der Waals surface area (Å²) in [4.78, 5) is 11.1. The predicted octanol–water partition coefficient (Wildman–Crippen LogP) is 3.91. The van der Waals surface area contributed by atoms with E-state index in [1.54, 1.807) is 6.92 Å². The molecule has 0 unspecified atom stereocenters. The van der Waals surface area contributed by atoms with Crippen molar-refractivity contribution in [1.82, 2.24) is 0 Å². The smallest absolute Gasteiger partial charge is 0.330 e. The van der Waals surface area contributed by atoms with Crippen LogP contribution in [0.4, 0.5) is 0 Å². The van der Waals surface area contributed by atoms with Gasteiger partial charge < -0.3 is 9.16 Å². The van der Waals surface area contributed by atoms with E-state index < -0.39 is 8.32 Å². The molecule has 18 heavy (non-hydrogen) atoms. The van der Waals surface area contributed by atoms with E-state index in [2.05, 4.69) is 40.8 Å². The molecule has 0 radical (unpaired) electrons. The van der Waals surface area contributed by atoms with Gasteiger partial charge in [-0.25, -0.2) is 4.79 Å². The molecule has 106 valence electrons. The van der Waals surface area contributed by atoms with Crippen molar-refractivity contribution in [2.24, 2.45) is 0 Å². The summed E-state index contributed by atoms with van der Waals surface area (Å²) in [5.74, 6) is -0.281. The summed E-state index contributed by atoms with van der Waals surface area (Å²) in [6.07, 6.45) is 4.19. The van der Waals surface area contributed by atoms with Crippen LogP contribution in [-0.2, 0) is 14.0 Å². The van der Waals surface area contributed by atoms with Gasteiger partial charge in [-0.1, -0.05) is 26.8 Å². The molecule has 0 amide bonds. The number of esters is 1. The molecular weight excluding hydrogens is 244 g/mol. The molecule has 0 saturated heterocycles. The molecule has 1 atom stereocenters. The molecule has 0 aromatic carbocycles. The van der Waals surface area contributed by atoms with Crippen molar-refractivity contribution in [3.63, 3.8) is 0 Å². The van der Waals surface area contributed by atoms with E-state index in [0.717, 1.165) is 6.42 Å². The largest absolute Gasteiger partial charge is 0.463 e. The van der Waals surface area contributed by atoms with Crippen LogP contribution in [0.25, 0.3) is 0 Å². The summed E-state index contributed by atoms with van der Waals surface area (Å²) in [6, 6.07) is 0. The predicted molar refractivity (Wildman–Crippen MR) is 78.1 cm³/mol. The van der Waals surface area contributed by atoms with Crippen LogP contribution in [0.2, 0.25) is 18.1 Å². The van der Waals surface area contributed by atoms with Crippen molar-refractivity contribution in [3.8, 4) is 0 Å². The highest BCUT2D eigenvalue weighted by molar-refractivity contribution is 6.74. The van der Waals surface area contributed by atoms with Gasteiger partial charge >= 0.3 is 5.97 Å². The highest BCUT2D eigenvalue weighted by atomic mass is 28.4. The molecule has 0 bridgehead atoms. The fourth-order valence-electron chi connectivity index (χ4n) is 1.27. The van der Waals surface area contributed by atoms with Crippen LogP contribution >= 0.6 is 0 Å². The van der Waals surface area contributed by atoms with Gasteiger partial charge in [0.15, 0.2) is 8.32 Å². The third kappa shape index (κ3) is 6.35. The Morgan fingerprint density at radius 1 is 1.33 bits per heavy atom. The van der Waals surface area contributed by atoms with Crippen LogP contribution in [0.15, 0.2) is 12.2 Å². The summed E-state index contributed by atoms with van der Waals surface area (Å²) in [6.45, 7) is 15.4. The van der Waals surface area contributed by atoms with Crippen LogP contribution in [0.3, 0.4) is 0 Å².